The molecule has 38 heavy (non-hydrogen) atoms. The molecule has 1 saturated carbocycles. The molecule has 0 bridgehead atoms. The predicted molar refractivity (Wildman–Crippen MR) is 145 cm³/mol. The lowest BCUT2D eigenvalue weighted by molar-refractivity contribution is -0.149. The summed E-state index contributed by atoms with van der Waals surface area (Å²) < 4.78 is 11.8. The summed E-state index contributed by atoms with van der Waals surface area (Å²) in [4.78, 5) is 28.5. The minimum absolute atomic E-state index is 0.290. The summed E-state index contributed by atoms with van der Waals surface area (Å²) in [6, 6.07) is 12.7. The maximum Gasteiger partial charge on any atom is 0.319 e. The molecule has 1 atom stereocenters. The van der Waals surface area contributed by atoms with Gasteiger partial charge in [-0.25, -0.2) is 0 Å². The summed E-state index contributed by atoms with van der Waals surface area (Å²) in [5.41, 5.74) is 0.336. The Morgan fingerprint density at radius 1 is 1.13 bits per heavy atom. The second-order valence-corrected chi connectivity index (χ2v) is 10.4. The van der Waals surface area contributed by atoms with Crippen molar-refractivity contribution in [3.63, 3.8) is 0 Å². The van der Waals surface area contributed by atoms with Gasteiger partial charge in [0.15, 0.2) is 0 Å². The lowest BCUT2D eigenvalue weighted by atomic mass is 10.0. The van der Waals surface area contributed by atoms with Crippen molar-refractivity contribution in [3.05, 3.63) is 54.2 Å². The Kier molecular flexibility index (Phi) is 7.78. The molecule has 1 heterocycles. The van der Waals surface area contributed by atoms with E-state index in [2.05, 4.69) is 15.6 Å². The zero-order valence-electron chi connectivity index (χ0n) is 22.2. The van der Waals surface area contributed by atoms with Crippen LogP contribution in [0.4, 0.5) is 5.69 Å². The number of nitrogens with zero attached hydrogens (tertiary/aromatic N) is 1. The van der Waals surface area contributed by atoms with Crippen molar-refractivity contribution in [1.82, 2.24) is 10.3 Å². The normalized spacial score (nSPS) is 15.0. The summed E-state index contributed by atoms with van der Waals surface area (Å²) in [7, 11) is 1.60. The van der Waals surface area contributed by atoms with E-state index in [-0.39, 0.29) is 6.04 Å². The van der Waals surface area contributed by atoms with Gasteiger partial charge in [0, 0.05) is 18.1 Å². The minimum atomic E-state index is -1.27. The first-order valence-electron chi connectivity index (χ1n) is 12.8. The summed E-state index contributed by atoms with van der Waals surface area (Å²) in [5, 5.41) is 26.4. The molecule has 3 aromatic rings. The van der Waals surface area contributed by atoms with Crippen molar-refractivity contribution in [1.29, 1.82) is 0 Å². The van der Waals surface area contributed by atoms with Crippen LogP contribution in [-0.4, -0.2) is 46.3 Å². The zero-order valence-corrected chi connectivity index (χ0v) is 22.2. The van der Waals surface area contributed by atoms with Crippen LogP contribution in [-0.2, 0) is 9.59 Å². The van der Waals surface area contributed by atoms with Gasteiger partial charge >= 0.3 is 5.97 Å². The number of carboxylic acid groups (broad SMARTS) is 1. The molecular formula is C29H35N3O6. The van der Waals surface area contributed by atoms with Gasteiger partial charge in [-0.2, -0.15) is 0 Å². The Bertz CT molecular complexity index is 1310. The molecule has 0 radical (unpaired) electrons. The van der Waals surface area contributed by atoms with Gasteiger partial charge in [0.25, 0.3) is 0 Å². The Morgan fingerprint density at radius 3 is 2.42 bits per heavy atom. The van der Waals surface area contributed by atoms with Crippen molar-refractivity contribution < 1.29 is 29.3 Å². The number of aliphatic carboxylic acids is 1. The molecule has 1 fully saturated rings. The maximum atomic E-state index is 12.6. The van der Waals surface area contributed by atoms with Crippen LogP contribution in [0.3, 0.4) is 0 Å². The van der Waals surface area contributed by atoms with E-state index >= 15 is 0 Å². The fraction of sp³-hybridized carbons (Fsp3) is 0.414. The number of aliphatic hydroxyl groups is 1. The number of carbonyl (C=O) groups is 2. The third kappa shape index (κ3) is 5.99. The summed E-state index contributed by atoms with van der Waals surface area (Å²) in [6.45, 7) is 6.06. The van der Waals surface area contributed by atoms with E-state index in [1.165, 1.54) is 0 Å². The van der Waals surface area contributed by atoms with Crippen molar-refractivity contribution in [2.75, 3.05) is 19.0 Å². The molecule has 4 rings (SSSR count). The third-order valence-electron chi connectivity index (χ3n) is 6.89. The van der Waals surface area contributed by atoms with Crippen LogP contribution in [0, 0.1) is 5.41 Å². The first-order valence-corrected chi connectivity index (χ1v) is 12.8. The number of benzene rings is 2. The highest BCUT2D eigenvalue weighted by atomic mass is 16.5. The van der Waals surface area contributed by atoms with Crippen molar-refractivity contribution in [2.45, 2.75) is 58.1 Å². The Labute approximate surface area is 222 Å². The fourth-order valence-corrected chi connectivity index (χ4v) is 4.32. The van der Waals surface area contributed by atoms with E-state index in [1.54, 1.807) is 33.2 Å². The van der Waals surface area contributed by atoms with Gasteiger partial charge in [0.2, 0.25) is 5.91 Å². The Hall–Kier alpha value is -3.85. The molecule has 0 saturated heterocycles. The van der Waals surface area contributed by atoms with Crippen LogP contribution in [0.15, 0.2) is 48.7 Å². The first-order chi connectivity index (χ1) is 18.1. The highest BCUT2D eigenvalue weighted by Gasteiger charge is 2.57. The number of anilines is 1. The smallest absolute Gasteiger partial charge is 0.319 e. The number of methoxy groups -OCH3 is 1. The number of hydrogen-bond donors (Lipinski definition) is 4. The van der Waals surface area contributed by atoms with Gasteiger partial charge in [-0.05, 0) is 75.4 Å². The number of rotatable bonds is 12. The maximum absolute atomic E-state index is 12.6. The van der Waals surface area contributed by atoms with E-state index in [0.717, 1.165) is 22.2 Å². The highest BCUT2D eigenvalue weighted by molar-refractivity contribution is 6.05. The third-order valence-corrected chi connectivity index (χ3v) is 6.89. The quantitative estimate of drug-likeness (QED) is 0.244. The van der Waals surface area contributed by atoms with Crippen LogP contribution in [0.5, 0.6) is 17.2 Å². The number of aromatic nitrogens is 1. The van der Waals surface area contributed by atoms with Crippen LogP contribution < -0.4 is 20.1 Å². The van der Waals surface area contributed by atoms with Gasteiger partial charge in [-0.15, -0.1) is 0 Å². The van der Waals surface area contributed by atoms with E-state index in [4.69, 9.17) is 9.47 Å². The highest BCUT2D eigenvalue weighted by Crippen LogP contribution is 2.46. The standard InChI is InChI=1S/C29H35N3O6/c1-5-21(32-26(33)29(11-12-29)27(34)35)18-6-8-19(9-7-18)38-24-10-14-30-22-17-23(25(37-4)16-20(22)24)31-15-13-28(2,3)36/h6-10,14,16-17,21,31,36H,5,11-13,15H2,1-4H3,(H,32,33)(H,34,35). The van der Waals surface area contributed by atoms with Crippen molar-refractivity contribution >= 4 is 28.5 Å². The molecule has 202 valence electrons. The molecule has 1 amide bonds. The second-order valence-electron chi connectivity index (χ2n) is 10.4. The Balaban J connectivity index is 1.50. The van der Waals surface area contributed by atoms with E-state index in [1.807, 2.05) is 43.3 Å². The lowest BCUT2D eigenvalue weighted by Crippen LogP contribution is -2.39. The number of pyridine rings is 1. The van der Waals surface area contributed by atoms with Crippen molar-refractivity contribution in [3.8, 4) is 17.2 Å². The van der Waals surface area contributed by atoms with E-state index in [0.29, 0.717) is 49.5 Å². The number of fused-ring (bicyclic) bond motifs is 1. The number of hydrogen-bond acceptors (Lipinski definition) is 7. The summed E-state index contributed by atoms with van der Waals surface area (Å²) in [5.74, 6) is 0.368. The number of ether oxygens (including phenoxy) is 2. The average Bonchev–Trinajstić information content (AvgIpc) is 3.69. The Morgan fingerprint density at radius 2 is 1.84 bits per heavy atom. The van der Waals surface area contributed by atoms with Gasteiger partial charge in [-0.3, -0.25) is 14.6 Å². The molecule has 2 aromatic carbocycles. The molecule has 0 spiro atoms. The molecule has 1 aromatic heterocycles. The summed E-state index contributed by atoms with van der Waals surface area (Å²) in [6.07, 6.45) is 3.63. The molecule has 4 N–H and O–H groups in total. The number of carbonyl (C=O) groups excluding carboxylic acids is 1. The molecule has 1 unspecified atom stereocenters. The lowest BCUT2D eigenvalue weighted by Gasteiger charge is -2.20. The minimum Gasteiger partial charge on any atom is -0.495 e. The SMILES string of the molecule is CCC(NC(=O)C1(C(=O)O)CC1)c1ccc(Oc2ccnc3cc(NCCC(C)(C)O)c(OC)cc23)cc1. The van der Waals surface area contributed by atoms with Gasteiger partial charge in [0.05, 0.1) is 30.0 Å². The van der Waals surface area contributed by atoms with Gasteiger partial charge in [-0.1, -0.05) is 19.1 Å². The first kappa shape index (κ1) is 27.2. The largest absolute Gasteiger partial charge is 0.495 e. The van der Waals surface area contributed by atoms with Crippen LogP contribution in [0.1, 0.15) is 58.1 Å². The molecule has 0 aliphatic heterocycles. The number of amides is 1. The predicted octanol–water partition coefficient (Wildman–Crippen LogP) is 5.04. The fourth-order valence-electron chi connectivity index (χ4n) is 4.32. The average molecular weight is 522 g/mol. The second kappa shape index (κ2) is 10.9. The monoisotopic (exact) mass is 521 g/mol. The molecule has 9 heteroatoms. The zero-order chi connectivity index (χ0) is 27.5. The van der Waals surface area contributed by atoms with E-state index < -0.39 is 22.9 Å². The van der Waals surface area contributed by atoms with Gasteiger partial charge < -0.3 is 30.3 Å². The van der Waals surface area contributed by atoms with E-state index in [9.17, 15) is 19.8 Å². The number of carboxylic acids is 1. The number of nitrogens with one attached hydrogen (secondary N) is 2. The van der Waals surface area contributed by atoms with Gasteiger partial charge in [0.1, 0.15) is 22.7 Å². The molecule has 1 aliphatic rings. The van der Waals surface area contributed by atoms with Crippen molar-refractivity contribution in [2.24, 2.45) is 5.41 Å². The topological polar surface area (TPSA) is 130 Å². The molecule has 9 nitrogen and oxygen atoms in total. The summed E-state index contributed by atoms with van der Waals surface area (Å²) >= 11 is 0. The molecular weight excluding hydrogens is 486 g/mol. The molecule has 1 aliphatic carbocycles. The van der Waals surface area contributed by atoms with Crippen LogP contribution >= 0.6 is 0 Å². The van der Waals surface area contributed by atoms with Crippen LogP contribution in [0.2, 0.25) is 0 Å². The van der Waals surface area contributed by atoms with Crippen LogP contribution in [0.25, 0.3) is 10.9 Å².